The van der Waals surface area contributed by atoms with Gasteiger partial charge in [-0.3, -0.25) is 19.7 Å². The SMILES string of the molecule is CCCN(CC(=O)N(Cc1ccc(F)cc1)Cc1ccco1)C(=O)C=Cc1ccc([N+](=O)[O-])cc1. The number of hydrogen-bond acceptors (Lipinski definition) is 5. The Bertz CT molecular complexity index is 1160. The van der Waals surface area contributed by atoms with Gasteiger partial charge in [0.2, 0.25) is 11.8 Å². The van der Waals surface area contributed by atoms with Gasteiger partial charge in [0.25, 0.3) is 5.69 Å². The summed E-state index contributed by atoms with van der Waals surface area (Å²) >= 11 is 0. The maximum Gasteiger partial charge on any atom is 0.269 e. The molecule has 0 bridgehead atoms. The Balaban J connectivity index is 1.71. The molecule has 35 heavy (non-hydrogen) atoms. The van der Waals surface area contributed by atoms with Gasteiger partial charge in [0, 0.05) is 31.3 Å². The lowest BCUT2D eigenvalue weighted by Gasteiger charge is -2.26. The van der Waals surface area contributed by atoms with E-state index in [1.54, 1.807) is 47.4 Å². The number of carbonyl (C=O) groups excluding carboxylic acids is 2. The van der Waals surface area contributed by atoms with Crippen LogP contribution < -0.4 is 0 Å². The molecule has 0 N–H and O–H groups in total. The second-order valence-corrected chi connectivity index (χ2v) is 7.90. The Labute approximate surface area is 202 Å². The van der Waals surface area contributed by atoms with E-state index in [4.69, 9.17) is 4.42 Å². The summed E-state index contributed by atoms with van der Waals surface area (Å²) in [6.45, 7) is 2.58. The number of amides is 2. The van der Waals surface area contributed by atoms with Crippen molar-refractivity contribution in [2.24, 2.45) is 0 Å². The smallest absolute Gasteiger partial charge is 0.269 e. The molecule has 0 saturated heterocycles. The van der Waals surface area contributed by atoms with Crippen LogP contribution in [0.2, 0.25) is 0 Å². The van der Waals surface area contributed by atoms with Crippen molar-refractivity contribution in [3.05, 3.63) is 106 Å². The monoisotopic (exact) mass is 479 g/mol. The fourth-order valence-electron chi connectivity index (χ4n) is 3.41. The average Bonchev–Trinajstić information content (AvgIpc) is 3.36. The zero-order valence-electron chi connectivity index (χ0n) is 19.3. The minimum atomic E-state index is -0.492. The highest BCUT2D eigenvalue weighted by molar-refractivity contribution is 5.94. The molecule has 1 aromatic heterocycles. The zero-order chi connectivity index (χ0) is 25.2. The molecule has 3 aromatic rings. The lowest BCUT2D eigenvalue weighted by molar-refractivity contribution is -0.384. The van der Waals surface area contributed by atoms with Crippen LogP contribution >= 0.6 is 0 Å². The Morgan fingerprint density at radius 1 is 1.03 bits per heavy atom. The van der Waals surface area contributed by atoms with Crippen molar-refractivity contribution in [2.45, 2.75) is 26.4 Å². The second kappa shape index (κ2) is 12.3. The number of furan rings is 1. The predicted molar refractivity (Wildman–Crippen MR) is 128 cm³/mol. The molecule has 0 aliphatic heterocycles. The van der Waals surface area contributed by atoms with Crippen molar-refractivity contribution < 1.29 is 23.3 Å². The van der Waals surface area contributed by atoms with Gasteiger partial charge >= 0.3 is 0 Å². The van der Waals surface area contributed by atoms with Gasteiger partial charge < -0.3 is 14.2 Å². The minimum Gasteiger partial charge on any atom is -0.467 e. The lowest BCUT2D eigenvalue weighted by Crippen LogP contribution is -2.42. The van der Waals surface area contributed by atoms with Crippen LogP contribution in [0.25, 0.3) is 6.08 Å². The molecule has 0 atom stereocenters. The highest BCUT2D eigenvalue weighted by atomic mass is 19.1. The highest BCUT2D eigenvalue weighted by Crippen LogP contribution is 2.15. The van der Waals surface area contributed by atoms with Gasteiger partial charge in [-0.15, -0.1) is 0 Å². The predicted octanol–water partition coefficient (Wildman–Crippen LogP) is 4.81. The first-order valence-corrected chi connectivity index (χ1v) is 11.1. The van der Waals surface area contributed by atoms with E-state index in [1.165, 1.54) is 41.5 Å². The van der Waals surface area contributed by atoms with Gasteiger partial charge in [-0.05, 0) is 60.0 Å². The summed E-state index contributed by atoms with van der Waals surface area (Å²) in [4.78, 5) is 39.4. The van der Waals surface area contributed by atoms with E-state index >= 15 is 0 Å². The van der Waals surface area contributed by atoms with Gasteiger partial charge in [-0.1, -0.05) is 19.1 Å². The third-order valence-electron chi connectivity index (χ3n) is 5.22. The van der Waals surface area contributed by atoms with E-state index in [0.29, 0.717) is 24.3 Å². The van der Waals surface area contributed by atoms with Crippen molar-refractivity contribution in [3.63, 3.8) is 0 Å². The Morgan fingerprint density at radius 2 is 1.74 bits per heavy atom. The van der Waals surface area contributed by atoms with Crippen molar-refractivity contribution in [2.75, 3.05) is 13.1 Å². The summed E-state index contributed by atoms with van der Waals surface area (Å²) < 4.78 is 18.7. The number of nitrogens with zero attached hydrogens (tertiary/aromatic N) is 3. The highest BCUT2D eigenvalue weighted by Gasteiger charge is 2.21. The van der Waals surface area contributed by atoms with Crippen molar-refractivity contribution in [1.82, 2.24) is 9.80 Å². The van der Waals surface area contributed by atoms with Gasteiger partial charge in [0.1, 0.15) is 18.1 Å². The van der Waals surface area contributed by atoms with Crippen LogP contribution in [-0.4, -0.2) is 39.6 Å². The van der Waals surface area contributed by atoms with Crippen LogP contribution in [0, 0.1) is 15.9 Å². The topological polar surface area (TPSA) is 96.9 Å². The van der Waals surface area contributed by atoms with Crippen LogP contribution in [0.15, 0.2) is 77.4 Å². The van der Waals surface area contributed by atoms with Crippen LogP contribution in [0.5, 0.6) is 0 Å². The summed E-state index contributed by atoms with van der Waals surface area (Å²) in [7, 11) is 0. The van der Waals surface area contributed by atoms with E-state index in [-0.39, 0.29) is 43.0 Å². The van der Waals surface area contributed by atoms with Gasteiger partial charge in [-0.25, -0.2) is 4.39 Å². The van der Waals surface area contributed by atoms with E-state index in [0.717, 1.165) is 5.56 Å². The first kappa shape index (κ1) is 25.4. The standard InChI is InChI=1S/C26H26FN3O5/c1-2-15-28(25(31)14-9-20-7-12-23(13-8-20)30(33)34)19-26(32)29(18-24-4-3-16-35-24)17-21-5-10-22(27)11-6-21/h3-14,16H,2,15,17-19H2,1H3. The maximum absolute atomic E-state index is 13.3. The van der Waals surface area contributed by atoms with Crippen LogP contribution in [0.3, 0.4) is 0 Å². The minimum absolute atomic E-state index is 0.0375. The number of rotatable bonds is 11. The van der Waals surface area contributed by atoms with Crippen molar-refractivity contribution >= 4 is 23.6 Å². The second-order valence-electron chi connectivity index (χ2n) is 7.90. The van der Waals surface area contributed by atoms with Crippen molar-refractivity contribution in [1.29, 1.82) is 0 Å². The van der Waals surface area contributed by atoms with Crippen molar-refractivity contribution in [3.8, 4) is 0 Å². The molecule has 1 heterocycles. The fourth-order valence-corrected chi connectivity index (χ4v) is 3.41. The normalized spacial score (nSPS) is 10.9. The Kier molecular flexibility index (Phi) is 8.89. The summed E-state index contributed by atoms with van der Waals surface area (Å²) in [5.41, 5.74) is 1.34. The molecule has 182 valence electrons. The molecule has 0 aliphatic rings. The maximum atomic E-state index is 13.3. The third kappa shape index (κ3) is 7.63. The van der Waals surface area contributed by atoms with Gasteiger partial charge in [0.15, 0.2) is 0 Å². The zero-order valence-corrected chi connectivity index (χ0v) is 19.3. The van der Waals surface area contributed by atoms with E-state index in [2.05, 4.69) is 0 Å². The number of non-ortho nitro benzene ring substituents is 1. The summed E-state index contributed by atoms with van der Waals surface area (Å²) in [6, 6.07) is 15.2. The molecule has 9 heteroatoms. The molecule has 0 saturated carbocycles. The fraction of sp³-hybridized carbons (Fsp3) is 0.231. The average molecular weight is 480 g/mol. The molecule has 0 fully saturated rings. The summed E-state index contributed by atoms with van der Waals surface area (Å²) in [5.74, 6) is -0.404. The van der Waals surface area contributed by atoms with Crippen LogP contribution in [0.1, 0.15) is 30.2 Å². The van der Waals surface area contributed by atoms with Gasteiger partial charge in [-0.2, -0.15) is 0 Å². The first-order valence-electron chi connectivity index (χ1n) is 11.1. The van der Waals surface area contributed by atoms with E-state index in [9.17, 15) is 24.1 Å². The number of halogens is 1. The largest absolute Gasteiger partial charge is 0.467 e. The number of nitro benzene ring substituents is 1. The molecule has 2 amide bonds. The Morgan fingerprint density at radius 3 is 2.34 bits per heavy atom. The molecule has 3 rings (SSSR count). The Hall–Kier alpha value is -4.27. The van der Waals surface area contributed by atoms with Gasteiger partial charge in [0.05, 0.1) is 17.7 Å². The van der Waals surface area contributed by atoms with E-state index in [1.807, 2.05) is 6.92 Å². The van der Waals surface area contributed by atoms with Crippen LogP contribution in [0.4, 0.5) is 10.1 Å². The molecule has 0 spiro atoms. The molecule has 0 unspecified atom stereocenters. The molecule has 0 radical (unpaired) electrons. The molecule has 8 nitrogen and oxygen atoms in total. The number of nitro groups is 1. The molecule has 0 aliphatic carbocycles. The summed E-state index contributed by atoms with van der Waals surface area (Å²) in [6.07, 6.45) is 5.08. The third-order valence-corrected chi connectivity index (χ3v) is 5.22. The lowest BCUT2D eigenvalue weighted by atomic mass is 10.2. The number of hydrogen-bond donors (Lipinski definition) is 0. The van der Waals surface area contributed by atoms with E-state index < -0.39 is 4.92 Å². The molecular formula is C26H26FN3O5. The summed E-state index contributed by atoms with van der Waals surface area (Å²) in [5, 5.41) is 10.8. The van der Waals surface area contributed by atoms with Crippen LogP contribution in [-0.2, 0) is 22.7 Å². The quantitative estimate of drug-likeness (QED) is 0.223. The number of benzene rings is 2. The first-order chi connectivity index (χ1) is 16.9. The molecule has 2 aromatic carbocycles. The number of carbonyl (C=O) groups is 2. The molecular weight excluding hydrogens is 453 g/mol.